The number of dihydropyridines is 1. The predicted molar refractivity (Wildman–Crippen MR) is 143 cm³/mol. The van der Waals surface area contributed by atoms with Crippen LogP contribution in [0.5, 0.6) is 0 Å². The minimum Gasteiger partial charge on any atom is -0.353 e. The number of hydrogen-bond acceptors (Lipinski definition) is 6. The Labute approximate surface area is 212 Å². The summed E-state index contributed by atoms with van der Waals surface area (Å²) in [6.45, 7) is 3.75. The summed E-state index contributed by atoms with van der Waals surface area (Å²) in [5.41, 5.74) is 4.83. The van der Waals surface area contributed by atoms with E-state index in [4.69, 9.17) is 0 Å². The number of anilines is 2. The molecule has 0 aliphatic carbocycles. The van der Waals surface area contributed by atoms with Gasteiger partial charge in [0.25, 0.3) is 5.91 Å². The van der Waals surface area contributed by atoms with E-state index in [0.717, 1.165) is 16.8 Å². The van der Waals surface area contributed by atoms with E-state index >= 15 is 0 Å². The van der Waals surface area contributed by atoms with Gasteiger partial charge in [-0.05, 0) is 60.0 Å². The van der Waals surface area contributed by atoms with Crippen LogP contribution in [0.25, 0.3) is 0 Å². The number of allylic oxidation sites excluding steroid dienone is 2. The number of hydrogen-bond donors (Lipinski definition) is 3. The number of amides is 2. The second-order valence-corrected chi connectivity index (χ2v) is 9.75. The number of nitrogens with zero attached hydrogens (tertiary/aromatic N) is 1. The number of carbonyl (C=O) groups is 2. The highest BCUT2D eigenvalue weighted by molar-refractivity contribution is 8.03. The summed E-state index contributed by atoms with van der Waals surface area (Å²) in [4.78, 5) is 26.0. The lowest BCUT2D eigenvalue weighted by molar-refractivity contribution is -0.114. The van der Waals surface area contributed by atoms with Crippen LogP contribution in [0.2, 0.25) is 0 Å². The van der Waals surface area contributed by atoms with Gasteiger partial charge in [-0.15, -0.1) is 0 Å². The number of thiophene rings is 1. The topological polar surface area (TPSA) is 94.0 Å². The highest BCUT2D eigenvalue weighted by Gasteiger charge is 2.35. The number of para-hydroxylation sites is 2. The first kappa shape index (κ1) is 24.3. The van der Waals surface area contributed by atoms with Gasteiger partial charge in [0.15, 0.2) is 0 Å². The van der Waals surface area contributed by atoms with Crippen molar-refractivity contribution in [3.8, 4) is 6.07 Å². The summed E-state index contributed by atoms with van der Waals surface area (Å²) >= 11 is 2.77. The van der Waals surface area contributed by atoms with Gasteiger partial charge >= 0.3 is 0 Å². The molecule has 0 radical (unpaired) electrons. The van der Waals surface area contributed by atoms with Gasteiger partial charge in [-0.1, -0.05) is 48.2 Å². The Morgan fingerprint density at radius 1 is 1.06 bits per heavy atom. The predicted octanol–water partition coefficient (Wildman–Crippen LogP) is 5.76. The van der Waals surface area contributed by atoms with Crippen molar-refractivity contribution >= 4 is 46.3 Å². The van der Waals surface area contributed by atoms with Crippen molar-refractivity contribution < 1.29 is 9.59 Å². The van der Waals surface area contributed by atoms with Crippen LogP contribution in [0.4, 0.5) is 11.4 Å². The molecule has 8 heteroatoms. The first-order chi connectivity index (χ1) is 17.0. The molecule has 1 aliphatic heterocycles. The molecule has 3 aromatic rings. The fourth-order valence-electron chi connectivity index (χ4n) is 3.86. The average Bonchev–Trinajstić information content (AvgIpc) is 3.39. The van der Waals surface area contributed by atoms with E-state index < -0.39 is 5.92 Å². The average molecular weight is 501 g/mol. The van der Waals surface area contributed by atoms with Gasteiger partial charge in [0.1, 0.15) is 0 Å². The van der Waals surface area contributed by atoms with Crippen LogP contribution in [0.1, 0.15) is 24.0 Å². The van der Waals surface area contributed by atoms with Gasteiger partial charge < -0.3 is 16.0 Å². The second kappa shape index (κ2) is 11.1. The maximum Gasteiger partial charge on any atom is 0.254 e. The fraction of sp³-hybridized carbons (Fsp3) is 0.148. The number of benzene rings is 2. The van der Waals surface area contributed by atoms with Crippen LogP contribution in [-0.2, 0) is 9.59 Å². The van der Waals surface area contributed by atoms with Crippen molar-refractivity contribution in [2.45, 2.75) is 19.8 Å². The molecule has 35 heavy (non-hydrogen) atoms. The molecule has 2 heterocycles. The van der Waals surface area contributed by atoms with Gasteiger partial charge in [-0.3, -0.25) is 9.59 Å². The molecule has 176 valence electrons. The van der Waals surface area contributed by atoms with Crippen LogP contribution in [-0.4, -0.2) is 17.6 Å². The summed E-state index contributed by atoms with van der Waals surface area (Å²) in [5.74, 6) is -0.848. The van der Waals surface area contributed by atoms with Crippen molar-refractivity contribution in [1.82, 2.24) is 5.32 Å². The molecular formula is C27H24N4O2S2. The van der Waals surface area contributed by atoms with Crippen LogP contribution < -0.4 is 16.0 Å². The van der Waals surface area contributed by atoms with Crippen molar-refractivity contribution in [2.24, 2.45) is 0 Å². The molecule has 0 saturated carbocycles. The zero-order valence-electron chi connectivity index (χ0n) is 19.3. The minimum absolute atomic E-state index is 0.122. The largest absolute Gasteiger partial charge is 0.353 e. The van der Waals surface area contributed by atoms with Crippen molar-refractivity contribution in [2.75, 3.05) is 16.4 Å². The maximum atomic E-state index is 13.3. The smallest absolute Gasteiger partial charge is 0.254 e. The minimum atomic E-state index is -0.529. The molecule has 0 spiro atoms. The Balaban J connectivity index is 1.58. The summed E-state index contributed by atoms with van der Waals surface area (Å²) in [7, 11) is 0. The van der Waals surface area contributed by atoms with E-state index in [2.05, 4.69) is 22.0 Å². The van der Waals surface area contributed by atoms with Crippen molar-refractivity contribution in [1.29, 1.82) is 5.26 Å². The van der Waals surface area contributed by atoms with Crippen LogP contribution >= 0.6 is 23.1 Å². The normalized spacial score (nSPS) is 15.3. The van der Waals surface area contributed by atoms with E-state index in [9.17, 15) is 14.9 Å². The van der Waals surface area contributed by atoms with Crippen molar-refractivity contribution in [3.63, 3.8) is 0 Å². The van der Waals surface area contributed by atoms with E-state index in [0.29, 0.717) is 27.6 Å². The molecule has 1 atom stereocenters. The van der Waals surface area contributed by atoms with E-state index in [1.807, 2.05) is 85.3 Å². The lowest BCUT2D eigenvalue weighted by Crippen LogP contribution is -2.31. The third-order valence-corrected chi connectivity index (χ3v) is 7.29. The molecule has 4 rings (SSSR count). The second-order valence-electron chi connectivity index (χ2n) is 7.98. The molecule has 0 saturated heterocycles. The lowest BCUT2D eigenvalue weighted by atomic mass is 9.83. The van der Waals surface area contributed by atoms with Gasteiger partial charge in [-0.2, -0.15) is 16.6 Å². The molecule has 1 aromatic heterocycles. The fourth-order valence-corrected chi connectivity index (χ4v) is 5.44. The summed E-state index contributed by atoms with van der Waals surface area (Å²) < 4.78 is 0. The molecular weight excluding hydrogens is 476 g/mol. The highest BCUT2D eigenvalue weighted by atomic mass is 32.2. The molecule has 6 nitrogen and oxygen atoms in total. The number of rotatable bonds is 7. The standard InChI is InChI=1S/C27H24N4O2S2/c1-17-8-6-7-11-22(17)31-23(32)16-35-27-21(14-28)25(19-12-13-34-15-19)24(18(2)29-27)26(33)30-20-9-4-3-5-10-20/h3-13,15,25,29H,16H2,1-2H3,(H,30,33)(H,31,32). The van der Waals surface area contributed by atoms with Gasteiger partial charge in [0.2, 0.25) is 5.91 Å². The van der Waals surface area contributed by atoms with E-state index in [1.165, 1.54) is 23.1 Å². The maximum absolute atomic E-state index is 13.3. The number of thioether (sulfide) groups is 1. The summed E-state index contributed by atoms with van der Waals surface area (Å²) in [5, 5.41) is 23.7. The van der Waals surface area contributed by atoms with Gasteiger partial charge in [0, 0.05) is 22.6 Å². The Morgan fingerprint density at radius 3 is 2.49 bits per heavy atom. The summed E-state index contributed by atoms with van der Waals surface area (Å²) in [6, 6.07) is 21.0. The van der Waals surface area contributed by atoms with Crippen LogP contribution in [0.3, 0.4) is 0 Å². The molecule has 3 N–H and O–H groups in total. The number of nitriles is 1. The monoisotopic (exact) mass is 500 g/mol. The quantitative estimate of drug-likeness (QED) is 0.383. The third kappa shape index (κ3) is 5.65. The molecule has 0 fully saturated rings. The third-order valence-electron chi connectivity index (χ3n) is 5.57. The number of carbonyl (C=O) groups excluding carboxylic acids is 2. The molecule has 2 aromatic carbocycles. The van der Waals surface area contributed by atoms with E-state index in [1.54, 1.807) is 0 Å². The highest BCUT2D eigenvalue weighted by Crippen LogP contribution is 2.41. The number of nitrogens with one attached hydrogen (secondary N) is 3. The van der Waals surface area contributed by atoms with Crippen LogP contribution in [0.15, 0.2) is 93.3 Å². The SMILES string of the molecule is CC1=C(C(=O)Nc2ccccc2)C(c2ccsc2)C(C#N)=C(SCC(=O)Nc2ccccc2C)N1. The molecule has 1 aliphatic rings. The van der Waals surface area contributed by atoms with E-state index in [-0.39, 0.29) is 17.6 Å². The van der Waals surface area contributed by atoms with Gasteiger partial charge in [0.05, 0.1) is 28.3 Å². The summed E-state index contributed by atoms with van der Waals surface area (Å²) in [6.07, 6.45) is 0. The molecule has 2 amide bonds. The Morgan fingerprint density at radius 2 is 1.80 bits per heavy atom. The number of aryl methyl sites for hydroxylation is 1. The van der Waals surface area contributed by atoms with Gasteiger partial charge in [-0.25, -0.2) is 0 Å². The Hall–Kier alpha value is -3.80. The Kier molecular flexibility index (Phi) is 7.70. The van der Waals surface area contributed by atoms with Crippen molar-refractivity contribution in [3.05, 3.63) is 104 Å². The van der Waals surface area contributed by atoms with Crippen LogP contribution in [0, 0.1) is 18.3 Å². The zero-order chi connectivity index (χ0) is 24.8. The zero-order valence-corrected chi connectivity index (χ0v) is 20.9. The molecule has 1 unspecified atom stereocenters. The Bertz CT molecular complexity index is 1340. The lowest BCUT2D eigenvalue weighted by Gasteiger charge is -2.29. The first-order valence-corrected chi connectivity index (χ1v) is 12.9. The first-order valence-electron chi connectivity index (χ1n) is 11.0. The molecule has 0 bridgehead atoms.